The average Bonchev–Trinajstić information content (AvgIpc) is 2.58. The van der Waals surface area contributed by atoms with E-state index in [1.54, 1.807) is 18.2 Å². The molecule has 0 spiro atoms. The van der Waals surface area contributed by atoms with E-state index in [0.29, 0.717) is 17.7 Å². The molecule has 0 saturated heterocycles. The average molecular weight is 326 g/mol. The molecule has 1 unspecified atom stereocenters. The minimum Gasteiger partial charge on any atom is -0.481 e. The van der Waals surface area contributed by atoms with Crippen LogP contribution < -0.4 is 15.6 Å². The zero-order valence-corrected chi connectivity index (χ0v) is 14.1. The van der Waals surface area contributed by atoms with E-state index in [-0.39, 0.29) is 11.8 Å². The molecule has 5 heteroatoms. The zero-order chi connectivity index (χ0) is 17.5. The molecule has 24 heavy (non-hydrogen) atoms. The van der Waals surface area contributed by atoms with E-state index < -0.39 is 6.10 Å². The third-order valence-corrected chi connectivity index (χ3v) is 3.54. The number of amides is 2. The summed E-state index contributed by atoms with van der Waals surface area (Å²) in [7, 11) is 0. The molecule has 126 valence electrons. The Morgan fingerprint density at radius 2 is 1.71 bits per heavy atom. The lowest BCUT2D eigenvalue weighted by molar-refractivity contribution is -0.128. The lowest BCUT2D eigenvalue weighted by atomic mass is 10.1. The SMILES string of the molecule is CCC(Oc1cccc(C)c1)C(=O)NNC(=O)c1ccc(C)cc1. The number of rotatable bonds is 5. The molecule has 5 nitrogen and oxygen atoms in total. The second-order valence-corrected chi connectivity index (χ2v) is 5.64. The number of nitrogens with one attached hydrogen (secondary N) is 2. The van der Waals surface area contributed by atoms with Crippen LogP contribution >= 0.6 is 0 Å². The van der Waals surface area contributed by atoms with Gasteiger partial charge in [-0.3, -0.25) is 20.4 Å². The quantitative estimate of drug-likeness (QED) is 0.830. The zero-order valence-electron chi connectivity index (χ0n) is 14.1. The highest BCUT2D eigenvalue weighted by atomic mass is 16.5. The number of carbonyl (C=O) groups excluding carboxylic acids is 2. The Bertz CT molecular complexity index is 711. The summed E-state index contributed by atoms with van der Waals surface area (Å²) in [5.74, 6) is -0.130. The highest BCUT2D eigenvalue weighted by Gasteiger charge is 2.19. The molecule has 0 aliphatic carbocycles. The maximum Gasteiger partial charge on any atom is 0.279 e. The van der Waals surface area contributed by atoms with Crippen molar-refractivity contribution in [2.24, 2.45) is 0 Å². The van der Waals surface area contributed by atoms with Crippen molar-refractivity contribution in [3.05, 3.63) is 65.2 Å². The first-order valence-electron chi connectivity index (χ1n) is 7.89. The van der Waals surface area contributed by atoms with Crippen LogP contribution in [0.3, 0.4) is 0 Å². The van der Waals surface area contributed by atoms with Crippen molar-refractivity contribution in [1.82, 2.24) is 10.9 Å². The molecule has 1 atom stereocenters. The van der Waals surface area contributed by atoms with Crippen LogP contribution in [0.15, 0.2) is 48.5 Å². The summed E-state index contributed by atoms with van der Waals surface area (Å²) in [4.78, 5) is 24.2. The fourth-order valence-electron chi connectivity index (χ4n) is 2.15. The van der Waals surface area contributed by atoms with Gasteiger partial charge < -0.3 is 4.74 Å². The van der Waals surface area contributed by atoms with E-state index >= 15 is 0 Å². The molecule has 0 aliphatic heterocycles. The summed E-state index contributed by atoms with van der Waals surface area (Å²) in [5.41, 5.74) is 7.42. The second kappa shape index (κ2) is 8.15. The van der Waals surface area contributed by atoms with E-state index in [1.165, 1.54) is 0 Å². The maximum atomic E-state index is 12.2. The summed E-state index contributed by atoms with van der Waals surface area (Å²) in [6.45, 7) is 5.75. The van der Waals surface area contributed by atoms with Crippen LogP contribution in [0.25, 0.3) is 0 Å². The Kier molecular flexibility index (Phi) is 5.95. The van der Waals surface area contributed by atoms with Gasteiger partial charge in [-0.15, -0.1) is 0 Å². The van der Waals surface area contributed by atoms with E-state index in [1.807, 2.05) is 51.1 Å². The molecule has 2 aromatic rings. The number of benzene rings is 2. The molecule has 2 N–H and O–H groups in total. The van der Waals surface area contributed by atoms with Crippen LogP contribution in [-0.4, -0.2) is 17.9 Å². The van der Waals surface area contributed by atoms with Crippen molar-refractivity contribution in [2.75, 3.05) is 0 Å². The smallest absolute Gasteiger partial charge is 0.279 e. The van der Waals surface area contributed by atoms with Gasteiger partial charge in [0, 0.05) is 5.56 Å². The van der Waals surface area contributed by atoms with E-state index in [4.69, 9.17) is 4.74 Å². The third kappa shape index (κ3) is 4.84. The van der Waals surface area contributed by atoms with Crippen LogP contribution in [-0.2, 0) is 4.79 Å². The maximum absolute atomic E-state index is 12.2. The van der Waals surface area contributed by atoms with Crippen molar-refractivity contribution in [3.63, 3.8) is 0 Å². The number of hydrazine groups is 1. The van der Waals surface area contributed by atoms with Gasteiger partial charge in [0.25, 0.3) is 11.8 Å². The highest BCUT2D eigenvalue weighted by molar-refractivity contribution is 5.95. The van der Waals surface area contributed by atoms with Crippen molar-refractivity contribution in [2.45, 2.75) is 33.3 Å². The fourth-order valence-corrected chi connectivity index (χ4v) is 2.15. The van der Waals surface area contributed by atoms with Gasteiger partial charge in [-0.2, -0.15) is 0 Å². The standard InChI is InChI=1S/C19H22N2O3/c1-4-17(24-16-7-5-6-14(3)12-16)19(23)21-20-18(22)15-10-8-13(2)9-11-15/h5-12,17H,4H2,1-3H3,(H,20,22)(H,21,23). The van der Waals surface area contributed by atoms with Crippen molar-refractivity contribution >= 4 is 11.8 Å². The fraction of sp³-hybridized carbons (Fsp3) is 0.263. The number of ether oxygens (including phenoxy) is 1. The van der Waals surface area contributed by atoms with Gasteiger partial charge in [0.05, 0.1) is 0 Å². The van der Waals surface area contributed by atoms with Crippen LogP contribution in [0.5, 0.6) is 5.75 Å². The number of hydrogen-bond acceptors (Lipinski definition) is 3. The first-order chi connectivity index (χ1) is 11.5. The van der Waals surface area contributed by atoms with Crippen molar-refractivity contribution in [3.8, 4) is 5.75 Å². The molecular weight excluding hydrogens is 304 g/mol. The van der Waals surface area contributed by atoms with Crippen LogP contribution in [0.4, 0.5) is 0 Å². The number of aryl methyl sites for hydroxylation is 2. The summed E-state index contributed by atoms with van der Waals surface area (Å²) in [6.07, 6.45) is -0.190. The highest BCUT2D eigenvalue weighted by Crippen LogP contribution is 2.15. The van der Waals surface area contributed by atoms with Crippen molar-refractivity contribution in [1.29, 1.82) is 0 Å². The molecule has 0 aromatic heterocycles. The van der Waals surface area contributed by atoms with Crippen LogP contribution in [0.1, 0.15) is 34.8 Å². The Morgan fingerprint density at radius 1 is 1.00 bits per heavy atom. The molecule has 2 amide bonds. The minimum atomic E-state index is -0.676. The van der Waals surface area contributed by atoms with E-state index in [0.717, 1.165) is 11.1 Å². The van der Waals surface area contributed by atoms with Gasteiger partial charge in [0.1, 0.15) is 5.75 Å². The second-order valence-electron chi connectivity index (χ2n) is 5.64. The topological polar surface area (TPSA) is 67.4 Å². The molecule has 2 rings (SSSR count). The molecular formula is C19H22N2O3. The van der Waals surface area contributed by atoms with Gasteiger partial charge in [-0.1, -0.05) is 36.8 Å². The molecule has 0 fully saturated rings. The monoisotopic (exact) mass is 326 g/mol. The molecule has 0 saturated carbocycles. The molecule has 0 heterocycles. The molecule has 0 bridgehead atoms. The molecule has 2 aromatic carbocycles. The van der Waals surface area contributed by atoms with E-state index in [9.17, 15) is 9.59 Å². The normalized spacial score (nSPS) is 11.5. The number of hydrogen-bond donors (Lipinski definition) is 2. The molecule has 0 radical (unpaired) electrons. The Morgan fingerprint density at radius 3 is 2.33 bits per heavy atom. The first-order valence-corrected chi connectivity index (χ1v) is 7.89. The number of carbonyl (C=O) groups is 2. The predicted octanol–water partition coefficient (Wildman–Crippen LogP) is 2.92. The van der Waals surface area contributed by atoms with Crippen LogP contribution in [0.2, 0.25) is 0 Å². The summed E-state index contributed by atoms with van der Waals surface area (Å²) < 4.78 is 5.70. The van der Waals surface area contributed by atoms with E-state index in [2.05, 4.69) is 10.9 Å². The molecule has 0 aliphatic rings. The Balaban J connectivity index is 1.92. The third-order valence-electron chi connectivity index (χ3n) is 3.54. The first kappa shape index (κ1) is 17.5. The van der Waals surface area contributed by atoms with Crippen LogP contribution in [0, 0.1) is 13.8 Å². The Labute approximate surface area is 142 Å². The van der Waals surface area contributed by atoms with Gasteiger partial charge in [-0.05, 0) is 50.1 Å². The summed E-state index contributed by atoms with van der Waals surface area (Å²) in [6, 6.07) is 14.6. The van der Waals surface area contributed by atoms with Gasteiger partial charge in [0.2, 0.25) is 0 Å². The predicted molar refractivity (Wildman–Crippen MR) is 92.7 cm³/mol. The summed E-state index contributed by atoms with van der Waals surface area (Å²) >= 11 is 0. The van der Waals surface area contributed by atoms with Crippen molar-refractivity contribution < 1.29 is 14.3 Å². The summed E-state index contributed by atoms with van der Waals surface area (Å²) in [5, 5.41) is 0. The largest absolute Gasteiger partial charge is 0.481 e. The van der Waals surface area contributed by atoms with Gasteiger partial charge in [0.15, 0.2) is 6.10 Å². The van der Waals surface area contributed by atoms with Gasteiger partial charge >= 0.3 is 0 Å². The lowest BCUT2D eigenvalue weighted by Crippen LogP contribution is -2.47. The lowest BCUT2D eigenvalue weighted by Gasteiger charge is -2.17. The van der Waals surface area contributed by atoms with Gasteiger partial charge in [-0.25, -0.2) is 0 Å². The minimum absolute atomic E-state index is 0.367. The Hall–Kier alpha value is -2.82.